The highest BCUT2D eigenvalue weighted by molar-refractivity contribution is 5.91. The molecule has 3 nitrogen and oxygen atoms in total. The molecule has 0 spiro atoms. The first-order valence-electron chi connectivity index (χ1n) is 16.7. The molecule has 3 rings (SSSR count). The Morgan fingerprint density at radius 3 is 1.77 bits per heavy atom. The second-order valence-electron chi connectivity index (χ2n) is 12.2. The Balaban J connectivity index is 1.29. The topological polar surface area (TPSA) is 35.5 Å². The van der Waals surface area contributed by atoms with E-state index in [-0.39, 0.29) is 5.97 Å². The highest BCUT2D eigenvalue weighted by Crippen LogP contribution is 2.34. The lowest BCUT2D eigenvalue weighted by Crippen LogP contribution is -2.15. The van der Waals surface area contributed by atoms with E-state index < -0.39 is 0 Å². The molecule has 0 atom stereocenters. The van der Waals surface area contributed by atoms with Gasteiger partial charge in [0.1, 0.15) is 11.5 Å². The quantitative estimate of drug-likeness (QED) is 0.0937. The van der Waals surface area contributed by atoms with Gasteiger partial charge in [0, 0.05) is 0 Å². The van der Waals surface area contributed by atoms with Crippen molar-refractivity contribution in [2.75, 3.05) is 6.61 Å². The number of carbonyl (C=O) groups excluding carboxylic acids is 1. The second-order valence-corrected chi connectivity index (χ2v) is 12.2. The lowest BCUT2D eigenvalue weighted by Gasteiger charge is -2.28. The van der Waals surface area contributed by atoms with E-state index in [4.69, 9.17) is 9.47 Å². The zero-order valence-corrected chi connectivity index (χ0v) is 25.6. The molecule has 1 aliphatic carbocycles. The summed E-state index contributed by atoms with van der Waals surface area (Å²) >= 11 is 0. The summed E-state index contributed by atoms with van der Waals surface area (Å²) in [4.78, 5) is 12.6. The second kappa shape index (κ2) is 19.7. The fourth-order valence-electron chi connectivity index (χ4n) is 6.04. The van der Waals surface area contributed by atoms with Crippen LogP contribution < -0.4 is 9.47 Å². The molecule has 0 radical (unpaired) electrons. The number of carbonyl (C=O) groups is 1. The van der Waals surface area contributed by atoms with Crippen molar-refractivity contribution in [2.45, 2.75) is 136 Å². The Bertz CT molecular complexity index is 909. The molecule has 0 saturated heterocycles. The van der Waals surface area contributed by atoms with E-state index in [0.717, 1.165) is 37.0 Å². The molecule has 0 aliphatic heterocycles. The first-order chi connectivity index (χ1) is 19.7. The highest BCUT2D eigenvalue weighted by atomic mass is 16.5. The summed E-state index contributed by atoms with van der Waals surface area (Å²) in [6.45, 7) is 5.27. The molecule has 0 aromatic heterocycles. The maximum atomic E-state index is 12.6. The Hall–Kier alpha value is -2.29. The summed E-state index contributed by atoms with van der Waals surface area (Å²) in [7, 11) is 0. The largest absolute Gasteiger partial charge is 0.494 e. The summed E-state index contributed by atoms with van der Waals surface area (Å²) in [5, 5.41) is 0. The number of aryl methyl sites for hydroxylation is 1. The number of hydrogen-bond acceptors (Lipinski definition) is 3. The van der Waals surface area contributed by atoms with Crippen LogP contribution in [0.5, 0.6) is 11.5 Å². The third kappa shape index (κ3) is 12.9. The molecule has 0 unspecified atom stereocenters. The third-order valence-corrected chi connectivity index (χ3v) is 8.76. The van der Waals surface area contributed by atoms with E-state index in [1.165, 1.54) is 115 Å². The number of hydrogen-bond donors (Lipinski definition) is 0. The smallest absolute Gasteiger partial charge is 0.343 e. The predicted molar refractivity (Wildman–Crippen MR) is 168 cm³/mol. The van der Waals surface area contributed by atoms with Crippen LogP contribution in [0.1, 0.15) is 145 Å². The van der Waals surface area contributed by atoms with Gasteiger partial charge in [-0.15, -0.1) is 0 Å². The molecule has 40 heavy (non-hydrogen) atoms. The van der Waals surface area contributed by atoms with E-state index in [9.17, 15) is 4.79 Å². The summed E-state index contributed by atoms with van der Waals surface area (Å²) < 4.78 is 11.5. The zero-order valence-electron chi connectivity index (χ0n) is 25.6. The van der Waals surface area contributed by atoms with Crippen molar-refractivity contribution in [3.8, 4) is 11.5 Å². The van der Waals surface area contributed by atoms with E-state index in [2.05, 4.69) is 26.0 Å². The first-order valence-corrected chi connectivity index (χ1v) is 16.7. The van der Waals surface area contributed by atoms with Crippen LogP contribution in [-0.2, 0) is 6.42 Å². The molecule has 1 aliphatic rings. The fourth-order valence-corrected chi connectivity index (χ4v) is 6.04. The number of unbranched alkanes of at least 4 members (excludes halogenated alkanes) is 10. The number of rotatable bonds is 20. The van der Waals surface area contributed by atoms with E-state index >= 15 is 0 Å². The minimum Gasteiger partial charge on any atom is -0.494 e. The standard InChI is InChI=1S/C37H56O3/c1-3-5-7-9-10-12-14-30-39-35-28-24-34(25-29-35)37(38)40-36-26-22-33(23-27-36)21-20-32-18-16-31(17-19-32)15-13-11-8-6-4-2/h22-29,31-32H,3-21,30H2,1-2H3/t31-,32-. The van der Waals surface area contributed by atoms with Gasteiger partial charge >= 0.3 is 5.97 Å². The van der Waals surface area contributed by atoms with Crippen LogP contribution in [0.15, 0.2) is 48.5 Å². The van der Waals surface area contributed by atoms with Gasteiger partial charge in [-0.3, -0.25) is 0 Å². The van der Waals surface area contributed by atoms with Crippen LogP contribution >= 0.6 is 0 Å². The average Bonchev–Trinajstić information content (AvgIpc) is 2.99. The third-order valence-electron chi connectivity index (χ3n) is 8.76. The molecule has 3 heteroatoms. The Morgan fingerprint density at radius 1 is 0.625 bits per heavy atom. The molecule has 0 heterocycles. The Kier molecular flexibility index (Phi) is 15.9. The van der Waals surface area contributed by atoms with Crippen LogP contribution in [0.25, 0.3) is 0 Å². The van der Waals surface area contributed by atoms with Crippen molar-refractivity contribution < 1.29 is 14.3 Å². The van der Waals surface area contributed by atoms with Gasteiger partial charge < -0.3 is 9.47 Å². The van der Waals surface area contributed by atoms with Gasteiger partial charge in [-0.2, -0.15) is 0 Å². The molecule has 1 saturated carbocycles. The minimum atomic E-state index is -0.325. The summed E-state index contributed by atoms with van der Waals surface area (Å²) in [6, 6.07) is 15.4. The lowest BCUT2D eigenvalue weighted by molar-refractivity contribution is 0.0734. The average molecular weight is 549 g/mol. The summed E-state index contributed by atoms with van der Waals surface area (Å²) in [6.07, 6.45) is 25.4. The highest BCUT2D eigenvalue weighted by Gasteiger charge is 2.20. The first kappa shape index (κ1) is 32.2. The van der Waals surface area contributed by atoms with Gasteiger partial charge in [0.05, 0.1) is 12.2 Å². The number of ether oxygens (including phenoxy) is 2. The van der Waals surface area contributed by atoms with E-state index in [0.29, 0.717) is 11.3 Å². The lowest BCUT2D eigenvalue weighted by atomic mass is 9.78. The van der Waals surface area contributed by atoms with Crippen molar-refractivity contribution in [3.05, 3.63) is 59.7 Å². The molecule has 222 valence electrons. The summed E-state index contributed by atoms with van der Waals surface area (Å²) in [5.41, 5.74) is 1.88. The van der Waals surface area contributed by atoms with Crippen LogP contribution in [0, 0.1) is 11.8 Å². The molecule has 1 fully saturated rings. The molecule has 0 N–H and O–H groups in total. The van der Waals surface area contributed by atoms with Crippen LogP contribution in [0.3, 0.4) is 0 Å². The van der Waals surface area contributed by atoms with Crippen LogP contribution in [0.4, 0.5) is 0 Å². The maximum Gasteiger partial charge on any atom is 0.343 e. The van der Waals surface area contributed by atoms with Crippen molar-refractivity contribution in [2.24, 2.45) is 11.8 Å². The number of esters is 1. The van der Waals surface area contributed by atoms with Crippen molar-refractivity contribution >= 4 is 5.97 Å². The molecular formula is C37H56O3. The summed E-state index contributed by atoms with van der Waals surface area (Å²) in [5.74, 6) is 2.94. The maximum absolute atomic E-state index is 12.6. The molecule has 2 aromatic carbocycles. The molecule has 0 bridgehead atoms. The van der Waals surface area contributed by atoms with Crippen LogP contribution in [0.2, 0.25) is 0 Å². The fraction of sp³-hybridized carbons (Fsp3) is 0.649. The van der Waals surface area contributed by atoms with Crippen molar-refractivity contribution in [1.29, 1.82) is 0 Å². The number of benzene rings is 2. The normalized spacial score (nSPS) is 17.1. The van der Waals surface area contributed by atoms with Crippen molar-refractivity contribution in [3.63, 3.8) is 0 Å². The predicted octanol–water partition coefficient (Wildman–Crippen LogP) is 11.1. The SMILES string of the molecule is CCCCCCCCCOc1ccc(C(=O)Oc2ccc(CC[C@H]3CC[C@H](CCCCCCC)CC3)cc2)cc1. The van der Waals surface area contributed by atoms with Gasteiger partial charge in [-0.05, 0) is 73.1 Å². The van der Waals surface area contributed by atoms with Gasteiger partial charge in [0.2, 0.25) is 0 Å². The van der Waals surface area contributed by atoms with Crippen LogP contribution in [-0.4, -0.2) is 12.6 Å². The van der Waals surface area contributed by atoms with E-state index in [1.54, 1.807) is 12.1 Å². The van der Waals surface area contributed by atoms with Gasteiger partial charge in [0.15, 0.2) is 0 Å². The molecule has 2 aromatic rings. The Labute approximate surface area is 245 Å². The van der Waals surface area contributed by atoms with E-state index in [1.807, 2.05) is 24.3 Å². The van der Waals surface area contributed by atoms with Gasteiger partial charge in [-0.25, -0.2) is 4.79 Å². The molecular weight excluding hydrogens is 492 g/mol. The Morgan fingerprint density at radius 2 is 1.15 bits per heavy atom. The monoisotopic (exact) mass is 548 g/mol. The van der Waals surface area contributed by atoms with Crippen molar-refractivity contribution in [1.82, 2.24) is 0 Å². The minimum absolute atomic E-state index is 0.325. The van der Waals surface area contributed by atoms with Gasteiger partial charge in [0.25, 0.3) is 0 Å². The molecule has 0 amide bonds. The zero-order chi connectivity index (χ0) is 28.3. The van der Waals surface area contributed by atoms with Gasteiger partial charge in [-0.1, -0.05) is 129 Å².